The van der Waals surface area contributed by atoms with Gasteiger partial charge in [0.25, 0.3) is 0 Å². The highest BCUT2D eigenvalue weighted by Crippen LogP contribution is 2.32. The Balaban J connectivity index is 2.89. The van der Waals surface area contributed by atoms with Crippen LogP contribution in [-0.2, 0) is 0 Å². The predicted molar refractivity (Wildman–Crippen MR) is 68.3 cm³/mol. The summed E-state index contributed by atoms with van der Waals surface area (Å²) in [7, 11) is 0. The van der Waals surface area contributed by atoms with Crippen molar-refractivity contribution in [2.45, 2.75) is 13.8 Å². The average Bonchev–Trinajstić information content (AvgIpc) is 2.26. The Labute approximate surface area is 106 Å². The van der Waals surface area contributed by atoms with Crippen LogP contribution >= 0.6 is 15.9 Å². The Bertz CT molecular complexity index is 584. The van der Waals surface area contributed by atoms with Crippen LogP contribution in [0.15, 0.2) is 16.6 Å². The molecule has 0 radical (unpaired) electrons. The third-order valence-corrected chi connectivity index (χ3v) is 3.00. The van der Waals surface area contributed by atoms with Crippen LogP contribution in [0.2, 0.25) is 0 Å². The van der Waals surface area contributed by atoms with Gasteiger partial charge >= 0.3 is 0 Å². The summed E-state index contributed by atoms with van der Waals surface area (Å²) in [5.74, 6) is -1.03. The van der Waals surface area contributed by atoms with Gasteiger partial charge in [0.1, 0.15) is 11.3 Å². The number of benzene rings is 1. The first kappa shape index (κ1) is 12.2. The van der Waals surface area contributed by atoms with Crippen molar-refractivity contribution in [1.29, 1.82) is 0 Å². The lowest BCUT2D eigenvalue weighted by atomic mass is 10.1. The zero-order valence-corrected chi connectivity index (χ0v) is 11.0. The van der Waals surface area contributed by atoms with Gasteiger partial charge in [-0.1, -0.05) is 0 Å². The standard InChI is InChI=1S/C12H11BrF2N2/c1-3-16-9-4-6(2)17-12-8(14)5-7(13)11(15)10(9)12/h4-5H,3H2,1-2H3,(H,16,17). The molecule has 1 aromatic carbocycles. The summed E-state index contributed by atoms with van der Waals surface area (Å²) in [6, 6.07) is 2.81. The number of halogens is 3. The molecule has 2 rings (SSSR count). The van der Waals surface area contributed by atoms with E-state index in [0.29, 0.717) is 17.9 Å². The quantitative estimate of drug-likeness (QED) is 0.848. The summed E-state index contributed by atoms with van der Waals surface area (Å²) in [4.78, 5) is 4.04. The van der Waals surface area contributed by atoms with Gasteiger partial charge in [0.15, 0.2) is 5.82 Å². The monoisotopic (exact) mass is 300 g/mol. The second-order valence-corrected chi connectivity index (χ2v) is 4.57. The third kappa shape index (κ3) is 2.11. The molecule has 0 unspecified atom stereocenters. The maximum Gasteiger partial charge on any atom is 0.150 e. The normalized spacial score (nSPS) is 10.9. The van der Waals surface area contributed by atoms with Crippen LogP contribution in [0, 0.1) is 18.6 Å². The smallest absolute Gasteiger partial charge is 0.150 e. The Morgan fingerprint density at radius 1 is 1.35 bits per heavy atom. The third-order valence-electron chi connectivity index (χ3n) is 2.42. The number of nitrogens with zero attached hydrogens (tertiary/aromatic N) is 1. The molecule has 0 amide bonds. The summed E-state index contributed by atoms with van der Waals surface area (Å²) in [5.41, 5.74) is 1.27. The Hall–Kier alpha value is -1.23. The molecule has 2 aromatic rings. The van der Waals surface area contributed by atoms with E-state index in [1.165, 1.54) is 0 Å². The second kappa shape index (κ2) is 4.56. The molecule has 0 aliphatic heterocycles. The molecule has 1 aromatic heterocycles. The molecule has 0 aliphatic carbocycles. The number of rotatable bonds is 2. The molecule has 0 aliphatic rings. The van der Waals surface area contributed by atoms with Crippen molar-refractivity contribution < 1.29 is 8.78 Å². The van der Waals surface area contributed by atoms with Crippen LogP contribution in [0.25, 0.3) is 10.9 Å². The number of nitrogens with one attached hydrogen (secondary N) is 1. The molecule has 2 nitrogen and oxygen atoms in total. The van der Waals surface area contributed by atoms with Gasteiger partial charge < -0.3 is 5.32 Å². The maximum atomic E-state index is 14.0. The van der Waals surface area contributed by atoms with Crippen LogP contribution in [0.5, 0.6) is 0 Å². The summed E-state index contributed by atoms with van der Waals surface area (Å²) in [6.07, 6.45) is 0. The number of anilines is 1. The molecule has 0 bridgehead atoms. The van der Waals surface area contributed by atoms with Gasteiger partial charge in [0.05, 0.1) is 9.86 Å². The van der Waals surface area contributed by atoms with Crippen LogP contribution in [-0.4, -0.2) is 11.5 Å². The molecule has 90 valence electrons. The van der Waals surface area contributed by atoms with Gasteiger partial charge in [-0.25, -0.2) is 13.8 Å². The molecule has 17 heavy (non-hydrogen) atoms. The minimum atomic E-state index is -0.531. The summed E-state index contributed by atoms with van der Waals surface area (Å²) >= 11 is 3.00. The number of pyridine rings is 1. The Kier molecular flexibility index (Phi) is 3.28. The number of hydrogen-bond acceptors (Lipinski definition) is 2. The molecule has 1 heterocycles. The van der Waals surface area contributed by atoms with Gasteiger partial charge in [-0.2, -0.15) is 0 Å². The first-order valence-corrected chi connectivity index (χ1v) is 6.02. The topological polar surface area (TPSA) is 24.9 Å². The van der Waals surface area contributed by atoms with Crippen molar-refractivity contribution in [3.8, 4) is 0 Å². The highest BCUT2D eigenvalue weighted by molar-refractivity contribution is 9.10. The van der Waals surface area contributed by atoms with Gasteiger partial charge in [0, 0.05) is 17.9 Å². The van der Waals surface area contributed by atoms with Crippen LogP contribution in [0.1, 0.15) is 12.6 Å². The van der Waals surface area contributed by atoms with E-state index in [1.807, 2.05) is 6.92 Å². The largest absolute Gasteiger partial charge is 0.385 e. The highest BCUT2D eigenvalue weighted by atomic mass is 79.9. The molecule has 0 spiro atoms. The summed E-state index contributed by atoms with van der Waals surface area (Å²) in [5, 5.41) is 3.20. The van der Waals surface area contributed by atoms with Gasteiger partial charge in [-0.3, -0.25) is 0 Å². The minimum absolute atomic E-state index is 0.0571. The fourth-order valence-corrected chi connectivity index (χ4v) is 2.16. The summed E-state index contributed by atoms with van der Waals surface area (Å²) < 4.78 is 27.8. The molecule has 0 saturated carbocycles. The fourth-order valence-electron chi connectivity index (χ4n) is 1.76. The van der Waals surface area contributed by atoms with E-state index in [2.05, 4.69) is 26.2 Å². The van der Waals surface area contributed by atoms with Gasteiger partial charge in [-0.15, -0.1) is 0 Å². The molecule has 0 fully saturated rings. The number of aromatic nitrogens is 1. The van der Waals surface area contributed by atoms with E-state index in [-0.39, 0.29) is 15.4 Å². The second-order valence-electron chi connectivity index (χ2n) is 3.72. The van der Waals surface area contributed by atoms with E-state index in [9.17, 15) is 8.78 Å². The van der Waals surface area contributed by atoms with E-state index in [0.717, 1.165) is 6.07 Å². The van der Waals surface area contributed by atoms with Crippen molar-refractivity contribution in [2.75, 3.05) is 11.9 Å². The molecular formula is C12H11BrF2N2. The van der Waals surface area contributed by atoms with E-state index in [1.54, 1.807) is 13.0 Å². The van der Waals surface area contributed by atoms with Crippen LogP contribution < -0.4 is 5.32 Å². The lowest BCUT2D eigenvalue weighted by Crippen LogP contribution is -2.02. The SMILES string of the molecule is CCNc1cc(C)nc2c(F)cc(Br)c(F)c12. The van der Waals surface area contributed by atoms with Crippen molar-refractivity contribution in [1.82, 2.24) is 4.98 Å². The fraction of sp³-hybridized carbons (Fsp3) is 0.250. The zero-order valence-electron chi connectivity index (χ0n) is 9.44. The lowest BCUT2D eigenvalue weighted by Gasteiger charge is -2.11. The number of aryl methyl sites for hydroxylation is 1. The molecule has 1 N–H and O–H groups in total. The van der Waals surface area contributed by atoms with E-state index < -0.39 is 11.6 Å². The highest BCUT2D eigenvalue weighted by Gasteiger charge is 2.15. The van der Waals surface area contributed by atoms with Gasteiger partial charge in [0.2, 0.25) is 0 Å². The summed E-state index contributed by atoms with van der Waals surface area (Å²) in [6.45, 7) is 4.28. The molecular weight excluding hydrogens is 290 g/mol. The molecule has 0 atom stereocenters. The van der Waals surface area contributed by atoms with Crippen LogP contribution in [0.3, 0.4) is 0 Å². The number of fused-ring (bicyclic) bond motifs is 1. The minimum Gasteiger partial charge on any atom is -0.385 e. The van der Waals surface area contributed by atoms with Gasteiger partial charge in [-0.05, 0) is 41.9 Å². The molecule has 0 saturated heterocycles. The predicted octanol–water partition coefficient (Wildman–Crippen LogP) is 4.02. The van der Waals surface area contributed by atoms with E-state index >= 15 is 0 Å². The number of hydrogen-bond donors (Lipinski definition) is 1. The first-order valence-electron chi connectivity index (χ1n) is 5.23. The van der Waals surface area contributed by atoms with Crippen molar-refractivity contribution >= 4 is 32.5 Å². The zero-order chi connectivity index (χ0) is 12.6. The Morgan fingerprint density at radius 3 is 2.71 bits per heavy atom. The van der Waals surface area contributed by atoms with Crippen molar-refractivity contribution in [2.24, 2.45) is 0 Å². The molecule has 5 heteroatoms. The maximum absolute atomic E-state index is 14.0. The van der Waals surface area contributed by atoms with Crippen LogP contribution in [0.4, 0.5) is 14.5 Å². The van der Waals surface area contributed by atoms with Crippen molar-refractivity contribution in [3.05, 3.63) is 33.9 Å². The Morgan fingerprint density at radius 2 is 2.06 bits per heavy atom. The average molecular weight is 301 g/mol. The van der Waals surface area contributed by atoms with Crippen molar-refractivity contribution in [3.63, 3.8) is 0 Å². The first-order chi connectivity index (χ1) is 8.04. The lowest BCUT2D eigenvalue weighted by molar-refractivity contribution is 0.610. The van der Waals surface area contributed by atoms with E-state index in [4.69, 9.17) is 0 Å².